The molecule has 0 spiro atoms. The van der Waals surface area contributed by atoms with Gasteiger partial charge in [0.15, 0.2) is 6.04 Å². The summed E-state index contributed by atoms with van der Waals surface area (Å²) in [5.41, 5.74) is 2.56. The highest BCUT2D eigenvalue weighted by Gasteiger charge is 2.33. The number of hydrogen-bond donors (Lipinski definition) is 2. The first-order chi connectivity index (χ1) is 12.4. The molecular formula is C17H15F3N2O4. The lowest BCUT2D eigenvalue weighted by molar-refractivity contribution is -0.274. The van der Waals surface area contributed by atoms with Crippen LogP contribution >= 0.6 is 0 Å². The second-order valence-corrected chi connectivity index (χ2v) is 5.68. The van der Waals surface area contributed by atoms with Crippen LogP contribution in [-0.2, 0) is 9.53 Å². The first-order valence-electron chi connectivity index (χ1n) is 7.75. The number of carbonyl (C=O) groups is 1. The number of halogens is 3. The van der Waals surface area contributed by atoms with E-state index < -0.39 is 18.3 Å². The van der Waals surface area contributed by atoms with Gasteiger partial charge in [-0.2, -0.15) is 0 Å². The van der Waals surface area contributed by atoms with E-state index in [-0.39, 0.29) is 24.2 Å². The van der Waals surface area contributed by atoms with Crippen molar-refractivity contribution in [2.24, 2.45) is 4.99 Å². The monoisotopic (exact) mass is 368 g/mol. The van der Waals surface area contributed by atoms with Crippen molar-refractivity contribution in [3.8, 4) is 5.75 Å². The number of nitrogens with zero attached hydrogens (tertiary/aromatic N) is 1. The minimum absolute atomic E-state index is 0.0125. The summed E-state index contributed by atoms with van der Waals surface area (Å²) in [6.45, 7) is 0.0125. The molecule has 0 aromatic heterocycles. The molecular weight excluding hydrogens is 353 g/mol. The summed E-state index contributed by atoms with van der Waals surface area (Å²) in [5, 5.41) is 8.61. The van der Waals surface area contributed by atoms with Crippen molar-refractivity contribution >= 4 is 11.8 Å². The van der Waals surface area contributed by atoms with Crippen molar-refractivity contribution in [2.75, 3.05) is 6.61 Å². The lowest BCUT2D eigenvalue weighted by Gasteiger charge is -2.20. The normalized spacial score (nSPS) is 22.3. The van der Waals surface area contributed by atoms with Gasteiger partial charge in [-0.25, -0.2) is 10.5 Å². The lowest BCUT2D eigenvalue weighted by Crippen LogP contribution is -2.31. The highest BCUT2D eigenvalue weighted by Crippen LogP contribution is 2.36. The van der Waals surface area contributed by atoms with Crippen LogP contribution in [0.5, 0.6) is 5.75 Å². The molecule has 1 amide bonds. The smallest absolute Gasteiger partial charge is 0.475 e. The quantitative estimate of drug-likeness (QED) is 0.633. The van der Waals surface area contributed by atoms with Gasteiger partial charge in [-0.15, -0.1) is 13.2 Å². The van der Waals surface area contributed by atoms with E-state index in [0.717, 1.165) is 0 Å². The standard InChI is InChI=1S/C17H15F3N2O4/c18-17(19,20)26-14-4-2-1-3-12(14)10-5-7-11(8-6-10)16-21-13(9-25-16)15(23)22-24/h1-5,7-8,10,13,24H,6,9H2,(H,22,23)/t10?,13-/m1/s1. The van der Waals surface area contributed by atoms with E-state index in [1.54, 1.807) is 30.4 Å². The number of allylic oxidation sites excluding steroid dienone is 2. The van der Waals surface area contributed by atoms with Gasteiger partial charge in [0, 0.05) is 17.1 Å². The zero-order chi connectivity index (χ0) is 18.7. The van der Waals surface area contributed by atoms with E-state index in [1.165, 1.54) is 17.6 Å². The maximum absolute atomic E-state index is 12.6. The van der Waals surface area contributed by atoms with Crippen LogP contribution in [0.1, 0.15) is 17.9 Å². The fourth-order valence-electron chi connectivity index (χ4n) is 2.75. The number of rotatable bonds is 4. The van der Waals surface area contributed by atoms with Gasteiger partial charge >= 0.3 is 6.36 Å². The van der Waals surface area contributed by atoms with Gasteiger partial charge in [-0.05, 0) is 12.5 Å². The Labute approximate surface area is 146 Å². The molecule has 9 heteroatoms. The molecule has 0 fully saturated rings. The Kier molecular flexibility index (Phi) is 4.99. The molecule has 1 aromatic carbocycles. The molecule has 26 heavy (non-hydrogen) atoms. The van der Waals surface area contributed by atoms with Crippen molar-refractivity contribution in [1.82, 2.24) is 5.48 Å². The number of ether oxygens (including phenoxy) is 2. The van der Waals surface area contributed by atoms with E-state index >= 15 is 0 Å². The van der Waals surface area contributed by atoms with Crippen molar-refractivity contribution in [3.05, 3.63) is 53.6 Å². The molecule has 1 aromatic rings. The van der Waals surface area contributed by atoms with E-state index in [2.05, 4.69) is 9.73 Å². The zero-order valence-corrected chi connectivity index (χ0v) is 13.4. The maximum atomic E-state index is 12.6. The van der Waals surface area contributed by atoms with Crippen LogP contribution in [0.15, 0.2) is 53.1 Å². The Balaban J connectivity index is 1.73. The van der Waals surface area contributed by atoms with Crippen molar-refractivity contribution in [1.29, 1.82) is 0 Å². The minimum Gasteiger partial charge on any atom is -0.475 e. The third-order valence-corrected chi connectivity index (χ3v) is 3.95. The molecule has 1 aliphatic heterocycles. The Hall–Kier alpha value is -2.81. The molecule has 2 atom stereocenters. The third kappa shape index (κ3) is 4.05. The predicted octanol–water partition coefficient (Wildman–Crippen LogP) is 2.86. The molecule has 138 valence electrons. The van der Waals surface area contributed by atoms with Crippen molar-refractivity contribution < 1.29 is 32.6 Å². The number of hydroxylamine groups is 1. The average Bonchev–Trinajstić information content (AvgIpc) is 3.10. The van der Waals surface area contributed by atoms with Crippen LogP contribution in [0.4, 0.5) is 13.2 Å². The number of aliphatic imine (C=N–C) groups is 1. The molecule has 0 saturated heterocycles. The molecule has 6 nitrogen and oxygen atoms in total. The van der Waals surface area contributed by atoms with Crippen LogP contribution < -0.4 is 10.2 Å². The lowest BCUT2D eigenvalue weighted by atomic mass is 9.89. The predicted molar refractivity (Wildman–Crippen MR) is 84.8 cm³/mol. The van der Waals surface area contributed by atoms with Crippen LogP contribution in [0.3, 0.4) is 0 Å². The first kappa shape index (κ1) is 18.0. The summed E-state index contributed by atoms with van der Waals surface area (Å²) in [7, 11) is 0. The summed E-state index contributed by atoms with van der Waals surface area (Å²) in [5.74, 6) is -0.943. The topological polar surface area (TPSA) is 80.2 Å². The Bertz CT molecular complexity index is 786. The second-order valence-electron chi connectivity index (χ2n) is 5.68. The van der Waals surface area contributed by atoms with Gasteiger partial charge in [0.2, 0.25) is 5.90 Å². The fourth-order valence-corrected chi connectivity index (χ4v) is 2.75. The number of para-hydroxylation sites is 1. The van der Waals surface area contributed by atoms with Crippen molar-refractivity contribution in [3.63, 3.8) is 0 Å². The molecule has 2 aliphatic rings. The molecule has 0 bridgehead atoms. The number of amides is 1. The van der Waals surface area contributed by atoms with Gasteiger partial charge in [0.1, 0.15) is 12.4 Å². The summed E-state index contributed by atoms with van der Waals surface area (Å²) >= 11 is 0. The molecule has 1 aliphatic carbocycles. The molecule has 2 N–H and O–H groups in total. The van der Waals surface area contributed by atoms with E-state index in [4.69, 9.17) is 9.94 Å². The summed E-state index contributed by atoms with van der Waals surface area (Å²) in [6.07, 6.45) is 0.844. The Morgan fingerprint density at radius 2 is 2.12 bits per heavy atom. The maximum Gasteiger partial charge on any atom is 0.573 e. The summed E-state index contributed by atoms with van der Waals surface area (Å²) < 4.78 is 47.1. The number of nitrogens with one attached hydrogen (secondary N) is 1. The van der Waals surface area contributed by atoms with Crippen molar-refractivity contribution in [2.45, 2.75) is 24.7 Å². The van der Waals surface area contributed by atoms with Crippen LogP contribution in [0.2, 0.25) is 0 Å². The van der Waals surface area contributed by atoms with Gasteiger partial charge in [-0.1, -0.05) is 36.4 Å². The molecule has 3 rings (SSSR count). The van der Waals surface area contributed by atoms with Gasteiger partial charge in [0.05, 0.1) is 0 Å². The number of benzene rings is 1. The highest BCUT2D eigenvalue weighted by molar-refractivity contribution is 6.00. The highest BCUT2D eigenvalue weighted by atomic mass is 19.4. The zero-order valence-electron chi connectivity index (χ0n) is 13.4. The van der Waals surface area contributed by atoms with E-state index in [1.807, 2.05) is 0 Å². The van der Waals surface area contributed by atoms with Gasteiger partial charge in [0.25, 0.3) is 5.91 Å². The average molecular weight is 368 g/mol. The largest absolute Gasteiger partial charge is 0.573 e. The molecule has 0 saturated carbocycles. The Morgan fingerprint density at radius 3 is 2.77 bits per heavy atom. The van der Waals surface area contributed by atoms with E-state index in [0.29, 0.717) is 17.6 Å². The van der Waals surface area contributed by atoms with Crippen LogP contribution in [0, 0.1) is 0 Å². The number of carbonyl (C=O) groups excluding carboxylic acids is 1. The van der Waals surface area contributed by atoms with Crippen LogP contribution in [-0.4, -0.2) is 36.0 Å². The summed E-state index contributed by atoms with van der Waals surface area (Å²) in [6, 6.07) is 5.15. The number of alkyl halides is 3. The van der Waals surface area contributed by atoms with E-state index in [9.17, 15) is 18.0 Å². The molecule has 1 unspecified atom stereocenters. The Morgan fingerprint density at radius 1 is 1.35 bits per heavy atom. The summed E-state index contributed by atoms with van der Waals surface area (Å²) in [4.78, 5) is 15.4. The molecule has 1 heterocycles. The number of hydrogen-bond acceptors (Lipinski definition) is 5. The minimum atomic E-state index is -4.76. The van der Waals surface area contributed by atoms with Gasteiger partial charge < -0.3 is 9.47 Å². The fraction of sp³-hybridized carbons (Fsp3) is 0.294. The second kappa shape index (κ2) is 7.20. The first-order valence-corrected chi connectivity index (χ1v) is 7.75. The third-order valence-electron chi connectivity index (χ3n) is 3.95. The SMILES string of the molecule is O=C(NO)[C@H]1COC(C2=CCC(c3ccccc3OC(F)(F)F)C=C2)=N1. The van der Waals surface area contributed by atoms with Crippen LogP contribution in [0.25, 0.3) is 0 Å². The molecule has 0 radical (unpaired) electrons. The van der Waals surface area contributed by atoms with Gasteiger partial charge in [-0.3, -0.25) is 10.0 Å².